The zero-order valence-electron chi connectivity index (χ0n) is 11.4. The number of unbranched alkanes of at least 4 members (excludes halogenated alkanes) is 1. The zero-order chi connectivity index (χ0) is 14.3. The van der Waals surface area contributed by atoms with Crippen molar-refractivity contribution in [2.75, 3.05) is 12.3 Å². The maximum absolute atomic E-state index is 11.5. The van der Waals surface area contributed by atoms with Crippen LogP contribution < -0.4 is 5.73 Å². The summed E-state index contributed by atoms with van der Waals surface area (Å²) in [7, 11) is 0. The number of nitrogens with two attached hydrogens (primary N) is 1. The summed E-state index contributed by atoms with van der Waals surface area (Å²) in [6.45, 7) is 4.25. The Morgan fingerprint density at radius 2 is 2.32 bits per heavy atom. The lowest BCUT2D eigenvalue weighted by atomic mass is 9.89. The fourth-order valence-corrected chi connectivity index (χ4v) is 1.55. The lowest BCUT2D eigenvalue weighted by molar-refractivity contribution is -0.144. The highest BCUT2D eigenvalue weighted by Gasteiger charge is 2.15. The van der Waals surface area contributed by atoms with Gasteiger partial charge in [0.25, 0.3) is 0 Å². The van der Waals surface area contributed by atoms with Crippen molar-refractivity contribution in [2.24, 2.45) is 5.41 Å². The number of nitriles is 1. The molecule has 0 amide bonds. The fourth-order valence-electron chi connectivity index (χ4n) is 1.55. The van der Waals surface area contributed by atoms with Gasteiger partial charge in [-0.25, -0.2) is 0 Å². The van der Waals surface area contributed by atoms with Gasteiger partial charge >= 0.3 is 5.97 Å². The summed E-state index contributed by atoms with van der Waals surface area (Å²) in [5.74, 6) is -0.331. The van der Waals surface area contributed by atoms with Gasteiger partial charge in [-0.15, -0.1) is 0 Å². The zero-order valence-corrected chi connectivity index (χ0v) is 11.4. The molecule has 1 heterocycles. The summed E-state index contributed by atoms with van der Waals surface area (Å²) in [6.07, 6.45) is 5.49. The number of nitrogens with zero attached hydrogens (tertiary/aromatic N) is 3. The average molecular weight is 264 g/mol. The number of nitrogen functional groups attached to an aromatic ring is 1. The van der Waals surface area contributed by atoms with Crippen LogP contribution in [0.4, 0.5) is 5.69 Å². The van der Waals surface area contributed by atoms with Crippen molar-refractivity contribution in [2.45, 2.75) is 39.7 Å². The van der Waals surface area contributed by atoms with Crippen LogP contribution in [0.1, 0.15) is 33.1 Å². The fraction of sp³-hybridized carbons (Fsp3) is 0.615. The first-order valence-corrected chi connectivity index (χ1v) is 6.28. The molecule has 0 aliphatic rings. The van der Waals surface area contributed by atoms with Crippen LogP contribution in [-0.2, 0) is 16.1 Å². The van der Waals surface area contributed by atoms with E-state index < -0.39 is 0 Å². The lowest BCUT2D eigenvalue weighted by Gasteiger charge is -2.14. The molecular formula is C13H20N4O2. The molecule has 0 saturated carbocycles. The van der Waals surface area contributed by atoms with Crippen LogP contribution in [0.25, 0.3) is 0 Å². The van der Waals surface area contributed by atoms with Crippen molar-refractivity contribution in [1.82, 2.24) is 9.78 Å². The van der Waals surface area contributed by atoms with E-state index in [1.165, 1.54) is 10.9 Å². The third-order valence-corrected chi connectivity index (χ3v) is 2.71. The Morgan fingerprint density at radius 3 is 2.89 bits per heavy atom. The molecule has 19 heavy (non-hydrogen) atoms. The molecule has 0 aliphatic carbocycles. The third-order valence-electron chi connectivity index (χ3n) is 2.71. The Balaban J connectivity index is 2.13. The van der Waals surface area contributed by atoms with Crippen molar-refractivity contribution < 1.29 is 9.53 Å². The first kappa shape index (κ1) is 15.0. The third kappa shape index (κ3) is 5.91. The Bertz CT molecular complexity index is 459. The van der Waals surface area contributed by atoms with Crippen LogP contribution in [-0.4, -0.2) is 22.4 Å². The topological polar surface area (TPSA) is 93.9 Å². The molecule has 0 spiro atoms. The molecule has 0 aliphatic heterocycles. The molecular weight excluding hydrogens is 244 g/mol. The van der Waals surface area contributed by atoms with Crippen molar-refractivity contribution in [3.05, 3.63) is 12.4 Å². The molecule has 104 valence electrons. The molecule has 0 unspecified atom stereocenters. The molecule has 0 fully saturated rings. The van der Waals surface area contributed by atoms with Gasteiger partial charge in [0.15, 0.2) is 0 Å². The minimum Gasteiger partial charge on any atom is -0.464 e. The van der Waals surface area contributed by atoms with E-state index in [0.717, 1.165) is 19.3 Å². The van der Waals surface area contributed by atoms with E-state index in [1.807, 2.05) is 13.8 Å². The van der Waals surface area contributed by atoms with Crippen LogP contribution in [0, 0.1) is 16.7 Å². The predicted octanol–water partition coefficient (Wildman–Crippen LogP) is 1.73. The highest BCUT2D eigenvalue weighted by atomic mass is 16.5. The number of aromatic nitrogens is 2. The highest BCUT2D eigenvalue weighted by Crippen LogP contribution is 2.21. The van der Waals surface area contributed by atoms with Gasteiger partial charge in [0, 0.05) is 6.20 Å². The average Bonchev–Trinajstić information content (AvgIpc) is 2.74. The lowest BCUT2D eigenvalue weighted by Crippen LogP contribution is -2.15. The van der Waals surface area contributed by atoms with E-state index in [4.69, 9.17) is 15.7 Å². The van der Waals surface area contributed by atoms with Gasteiger partial charge in [-0.1, -0.05) is 0 Å². The number of carbonyl (C=O) groups is 1. The molecule has 0 saturated heterocycles. The highest BCUT2D eigenvalue weighted by molar-refractivity contribution is 5.69. The first-order valence-electron chi connectivity index (χ1n) is 6.28. The minimum atomic E-state index is -0.331. The molecule has 0 bridgehead atoms. The van der Waals surface area contributed by atoms with Crippen LogP contribution in [0.5, 0.6) is 0 Å². The number of carbonyl (C=O) groups excluding carboxylic acids is 1. The first-order chi connectivity index (χ1) is 8.93. The summed E-state index contributed by atoms with van der Waals surface area (Å²) in [6, 6.07) is 2.24. The van der Waals surface area contributed by atoms with Crippen molar-refractivity contribution >= 4 is 11.7 Å². The monoisotopic (exact) mass is 264 g/mol. The second kappa shape index (κ2) is 6.78. The number of anilines is 1. The van der Waals surface area contributed by atoms with E-state index in [1.54, 1.807) is 6.20 Å². The van der Waals surface area contributed by atoms with Gasteiger partial charge in [0.1, 0.15) is 6.54 Å². The minimum absolute atomic E-state index is 0.0703. The Labute approximate surface area is 113 Å². The summed E-state index contributed by atoms with van der Waals surface area (Å²) >= 11 is 0. The van der Waals surface area contributed by atoms with Gasteiger partial charge in [0.05, 0.1) is 30.0 Å². The Kier molecular flexibility index (Phi) is 5.37. The largest absolute Gasteiger partial charge is 0.464 e. The second-order valence-corrected chi connectivity index (χ2v) is 5.14. The van der Waals surface area contributed by atoms with Crippen LogP contribution in [0.15, 0.2) is 12.4 Å². The van der Waals surface area contributed by atoms with Gasteiger partial charge in [-0.2, -0.15) is 10.4 Å². The van der Waals surface area contributed by atoms with E-state index in [0.29, 0.717) is 12.3 Å². The van der Waals surface area contributed by atoms with Crippen molar-refractivity contribution in [3.63, 3.8) is 0 Å². The quantitative estimate of drug-likeness (QED) is 0.598. The van der Waals surface area contributed by atoms with Crippen molar-refractivity contribution in [3.8, 4) is 6.07 Å². The van der Waals surface area contributed by atoms with Crippen LogP contribution >= 0.6 is 0 Å². The number of esters is 1. The molecule has 1 aromatic rings. The maximum Gasteiger partial charge on any atom is 0.327 e. The van der Waals surface area contributed by atoms with Gasteiger partial charge in [-0.3, -0.25) is 9.48 Å². The van der Waals surface area contributed by atoms with E-state index in [2.05, 4.69) is 11.2 Å². The van der Waals surface area contributed by atoms with Gasteiger partial charge in [0.2, 0.25) is 0 Å². The van der Waals surface area contributed by atoms with Crippen LogP contribution in [0.3, 0.4) is 0 Å². The maximum atomic E-state index is 11.5. The number of hydrogen-bond acceptors (Lipinski definition) is 5. The Morgan fingerprint density at radius 1 is 1.58 bits per heavy atom. The normalized spacial score (nSPS) is 11.0. The summed E-state index contributed by atoms with van der Waals surface area (Å²) < 4.78 is 6.52. The summed E-state index contributed by atoms with van der Waals surface area (Å²) in [5, 5.41) is 12.7. The van der Waals surface area contributed by atoms with Crippen molar-refractivity contribution in [1.29, 1.82) is 5.26 Å². The molecule has 0 atom stereocenters. The number of ether oxygens (including phenoxy) is 1. The molecule has 0 aromatic carbocycles. The van der Waals surface area contributed by atoms with Gasteiger partial charge < -0.3 is 10.5 Å². The molecule has 2 N–H and O–H groups in total. The standard InChI is InChI=1S/C13H20N4O2/c1-13(2,10-14)5-3-4-6-19-12(18)9-17-8-11(15)7-16-17/h7-8H,3-6,9,15H2,1-2H3. The SMILES string of the molecule is CC(C)(C#N)CCCCOC(=O)Cn1cc(N)cn1. The van der Waals surface area contributed by atoms with Gasteiger partial charge in [-0.05, 0) is 33.1 Å². The Hall–Kier alpha value is -2.03. The molecule has 0 radical (unpaired) electrons. The van der Waals surface area contributed by atoms with E-state index in [-0.39, 0.29) is 17.9 Å². The predicted molar refractivity (Wildman–Crippen MR) is 70.8 cm³/mol. The van der Waals surface area contributed by atoms with E-state index in [9.17, 15) is 4.79 Å². The molecule has 6 nitrogen and oxygen atoms in total. The summed E-state index contributed by atoms with van der Waals surface area (Å²) in [5.41, 5.74) is 5.70. The number of rotatable bonds is 7. The van der Waals surface area contributed by atoms with E-state index >= 15 is 0 Å². The molecule has 1 aromatic heterocycles. The number of hydrogen-bond donors (Lipinski definition) is 1. The summed E-state index contributed by atoms with van der Waals surface area (Å²) in [4.78, 5) is 11.5. The second-order valence-electron chi connectivity index (χ2n) is 5.14. The molecule has 1 rings (SSSR count). The smallest absolute Gasteiger partial charge is 0.327 e. The van der Waals surface area contributed by atoms with Crippen LogP contribution in [0.2, 0.25) is 0 Å². The molecule has 6 heteroatoms.